The Balaban J connectivity index is 1.64. The number of piperidine rings is 1. The number of nitrogens with zero attached hydrogens (tertiary/aromatic N) is 2. The molecule has 1 aliphatic rings. The number of likely N-dealkylation sites (tertiary alicyclic amines) is 1. The molecule has 0 spiro atoms. The van der Waals surface area contributed by atoms with Gasteiger partial charge < -0.3 is 9.32 Å². The van der Waals surface area contributed by atoms with E-state index in [1.165, 1.54) is 12.1 Å². The highest BCUT2D eigenvalue weighted by atomic mass is 16.6. The van der Waals surface area contributed by atoms with E-state index in [0.29, 0.717) is 25.9 Å². The van der Waals surface area contributed by atoms with Crippen molar-refractivity contribution in [2.24, 2.45) is 5.92 Å². The maximum Gasteiger partial charge on any atom is 0.433 e. The Bertz CT molecular complexity index is 863. The van der Waals surface area contributed by atoms with Crippen molar-refractivity contribution in [1.82, 2.24) is 4.90 Å². The Morgan fingerprint density at radius 3 is 2.42 bits per heavy atom. The first-order chi connectivity index (χ1) is 12.4. The lowest BCUT2D eigenvalue weighted by Crippen LogP contribution is -2.40. The normalized spacial score (nSPS) is 15.1. The zero-order chi connectivity index (χ0) is 18.8. The molecule has 0 radical (unpaired) electrons. The number of carbonyl (C=O) groups excluding carboxylic acids is 2. The molecule has 0 aliphatic carbocycles. The largest absolute Gasteiger partial charge is 0.433 e. The van der Waals surface area contributed by atoms with Gasteiger partial charge in [0.25, 0.3) is 5.91 Å². The minimum Gasteiger partial charge on any atom is -0.395 e. The lowest BCUT2D eigenvalue weighted by atomic mass is 9.87. The van der Waals surface area contributed by atoms with Crippen LogP contribution in [0.2, 0.25) is 0 Å². The third-order valence-corrected chi connectivity index (χ3v) is 4.78. The van der Waals surface area contributed by atoms with E-state index in [2.05, 4.69) is 0 Å². The summed E-state index contributed by atoms with van der Waals surface area (Å²) in [5, 5.41) is 10.7. The number of amides is 1. The zero-order valence-electron chi connectivity index (χ0n) is 14.7. The number of aryl methyl sites for hydroxylation is 2. The fourth-order valence-electron chi connectivity index (χ4n) is 3.35. The SMILES string of the molecule is Cc1ccc(C(=O)C2CCN(C(=O)c3ccc([N+](=O)[O-])o3)CC2)c(C)c1. The van der Waals surface area contributed by atoms with E-state index >= 15 is 0 Å². The molecule has 1 amide bonds. The summed E-state index contributed by atoms with van der Waals surface area (Å²) >= 11 is 0. The first kappa shape index (κ1) is 17.8. The van der Waals surface area contributed by atoms with Gasteiger partial charge in [-0.1, -0.05) is 23.8 Å². The van der Waals surface area contributed by atoms with Crippen LogP contribution < -0.4 is 0 Å². The molecule has 1 aliphatic heterocycles. The number of hydrogen-bond donors (Lipinski definition) is 0. The van der Waals surface area contributed by atoms with Gasteiger partial charge in [0.15, 0.2) is 11.5 Å². The van der Waals surface area contributed by atoms with Gasteiger partial charge in [-0.05, 0) is 38.3 Å². The lowest BCUT2D eigenvalue weighted by Gasteiger charge is -2.31. The van der Waals surface area contributed by atoms with Crippen LogP contribution >= 0.6 is 0 Å². The molecule has 1 fully saturated rings. The summed E-state index contributed by atoms with van der Waals surface area (Å²) < 4.78 is 4.97. The van der Waals surface area contributed by atoms with Crippen LogP contribution in [0.25, 0.3) is 0 Å². The third-order valence-electron chi connectivity index (χ3n) is 4.78. The minimum atomic E-state index is -0.675. The van der Waals surface area contributed by atoms with E-state index in [4.69, 9.17) is 4.42 Å². The monoisotopic (exact) mass is 356 g/mol. The molecule has 7 heteroatoms. The first-order valence-electron chi connectivity index (χ1n) is 8.52. The fraction of sp³-hybridized carbons (Fsp3) is 0.368. The molecule has 7 nitrogen and oxygen atoms in total. The van der Waals surface area contributed by atoms with Crippen molar-refractivity contribution >= 4 is 17.6 Å². The average molecular weight is 356 g/mol. The number of carbonyl (C=O) groups is 2. The van der Waals surface area contributed by atoms with Gasteiger partial charge in [-0.15, -0.1) is 0 Å². The van der Waals surface area contributed by atoms with Crippen molar-refractivity contribution < 1.29 is 18.9 Å². The summed E-state index contributed by atoms with van der Waals surface area (Å²) in [5.74, 6) is -0.880. The first-order valence-corrected chi connectivity index (χ1v) is 8.52. The van der Waals surface area contributed by atoms with Gasteiger partial charge in [0.2, 0.25) is 0 Å². The van der Waals surface area contributed by atoms with Crippen molar-refractivity contribution in [2.45, 2.75) is 26.7 Å². The summed E-state index contributed by atoms with van der Waals surface area (Å²) in [7, 11) is 0. The van der Waals surface area contributed by atoms with E-state index < -0.39 is 10.8 Å². The summed E-state index contributed by atoms with van der Waals surface area (Å²) in [6.45, 7) is 4.77. The maximum absolute atomic E-state index is 12.8. The van der Waals surface area contributed by atoms with Crippen LogP contribution in [0.5, 0.6) is 0 Å². The molecule has 2 heterocycles. The number of benzene rings is 1. The van der Waals surface area contributed by atoms with E-state index in [1.54, 1.807) is 4.90 Å². The second-order valence-corrected chi connectivity index (χ2v) is 6.64. The second-order valence-electron chi connectivity index (χ2n) is 6.64. The standard InChI is InChI=1S/C19H20N2O5/c1-12-3-4-15(13(2)11-12)18(22)14-7-9-20(10-8-14)19(23)16-5-6-17(26-16)21(24)25/h3-6,11,14H,7-10H2,1-2H3. The molecule has 3 rings (SSSR count). The highest BCUT2D eigenvalue weighted by Gasteiger charge is 2.30. The fourth-order valence-corrected chi connectivity index (χ4v) is 3.35. The molecule has 0 saturated carbocycles. The maximum atomic E-state index is 12.8. The molecule has 1 saturated heterocycles. The molecule has 1 aromatic heterocycles. The van der Waals surface area contributed by atoms with Gasteiger partial charge >= 0.3 is 5.88 Å². The third kappa shape index (κ3) is 3.51. The van der Waals surface area contributed by atoms with Gasteiger partial charge in [0.05, 0.1) is 6.07 Å². The Hall–Kier alpha value is -2.96. The van der Waals surface area contributed by atoms with Gasteiger partial charge in [-0.2, -0.15) is 0 Å². The van der Waals surface area contributed by atoms with Gasteiger partial charge in [-0.25, -0.2) is 0 Å². The van der Waals surface area contributed by atoms with Gasteiger partial charge in [-0.3, -0.25) is 19.7 Å². The molecule has 1 aromatic carbocycles. The van der Waals surface area contributed by atoms with Crippen molar-refractivity contribution in [1.29, 1.82) is 0 Å². The average Bonchev–Trinajstić information content (AvgIpc) is 3.11. The quantitative estimate of drug-likeness (QED) is 0.474. The lowest BCUT2D eigenvalue weighted by molar-refractivity contribution is -0.402. The van der Waals surface area contributed by atoms with Crippen LogP contribution in [0.3, 0.4) is 0 Å². The van der Waals surface area contributed by atoms with Crippen LogP contribution in [-0.2, 0) is 0 Å². The van der Waals surface area contributed by atoms with Crippen molar-refractivity contribution in [3.8, 4) is 0 Å². The van der Waals surface area contributed by atoms with Crippen molar-refractivity contribution in [2.75, 3.05) is 13.1 Å². The number of rotatable bonds is 4. The molecule has 0 atom stereocenters. The molecule has 0 unspecified atom stereocenters. The Morgan fingerprint density at radius 2 is 1.85 bits per heavy atom. The van der Waals surface area contributed by atoms with E-state index in [0.717, 1.165) is 16.7 Å². The smallest absolute Gasteiger partial charge is 0.395 e. The number of furan rings is 1. The van der Waals surface area contributed by atoms with Gasteiger partial charge in [0, 0.05) is 24.6 Å². The van der Waals surface area contributed by atoms with Crippen molar-refractivity contribution in [3.05, 3.63) is 62.9 Å². The second kappa shape index (κ2) is 7.11. The summed E-state index contributed by atoms with van der Waals surface area (Å²) in [6.07, 6.45) is 1.14. The molecular formula is C19H20N2O5. The Morgan fingerprint density at radius 1 is 1.15 bits per heavy atom. The van der Waals surface area contributed by atoms with E-state index in [1.807, 2.05) is 32.0 Å². The van der Waals surface area contributed by atoms with Crippen molar-refractivity contribution in [3.63, 3.8) is 0 Å². The molecule has 136 valence electrons. The number of ketones is 1. The predicted molar refractivity (Wildman–Crippen MR) is 94.2 cm³/mol. The van der Waals surface area contributed by atoms with Crippen LogP contribution in [0.15, 0.2) is 34.7 Å². The van der Waals surface area contributed by atoms with E-state index in [-0.39, 0.29) is 23.4 Å². The highest BCUT2D eigenvalue weighted by molar-refractivity contribution is 5.99. The van der Waals surface area contributed by atoms with Crippen LogP contribution in [0.4, 0.5) is 5.88 Å². The van der Waals surface area contributed by atoms with Gasteiger partial charge in [0.1, 0.15) is 4.92 Å². The summed E-state index contributed by atoms with van der Waals surface area (Å²) in [6, 6.07) is 8.28. The summed E-state index contributed by atoms with van der Waals surface area (Å²) in [5.41, 5.74) is 2.82. The Labute approximate surface area is 150 Å². The zero-order valence-corrected chi connectivity index (χ0v) is 14.7. The Kier molecular flexibility index (Phi) is 4.88. The van der Waals surface area contributed by atoms with Crippen LogP contribution in [-0.4, -0.2) is 34.6 Å². The minimum absolute atomic E-state index is 0.0455. The number of nitro groups is 1. The summed E-state index contributed by atoms with van der Waals surface area (Å²) in [4.78, 5) is 36.7. The topological polar surface area (TPSA) is 93.7 Å². The predicted octanol–water partition coefficient (Wildman–Crippen LogP) is 3.54. The number of Topliss-reactive ketones (excluding diaryl/α,β-unsaturated/α-hetero) is 1. The molecule has 0 N–H and O–H groups in total. The van der Waals surface area contributed by atoms with Crippen LogP contribution in [0, 0.1) is 29.9 Å². The molecule has 26 heavy (non-hydrogen) atoms. The molecule has 2 aromatic rings. The molecular weight excluding hydrogens is 336 g/mol. The number of hydrogen-bond acceptors (Lipinski definition) is 5. The van der Waals surface area contributed by atoms with Crippen LogP contribution in [0.1, 0.15) is 44.9 Å². The highest BCUT2D eigenvalue weighted by Crippen LogP contribution is 2.25. The van der Waals surface area contributed by atoms with E-state index in [9.17, 15) is 19.7 Å². The molecule has 0 bridgehead atoms.